The van der Waals surface area contributed by atoms with Gasteiger partial charge in [0.25, 0.3) is 0 Å². The van der Waals surface area contributed by atoms with E-state index in [1.54, 1.807) is 6.92 Å². The highest BCUT2D eigenvalue weighted by Gasteiger charge is 2.18. The largest absolute Gasteiger partial charge is 0.461 e. The first-order chi connectivity index (χ1) is 9.04. The summed E-state index contributed by atoms with van der Waals surface area (Å²) in [5.41, 5.74) is 3.89. The highest BCUT2D eigenvalue weighted by atomic mass is 32.1. The van der Waals surface area contributed by atoms with E-state index in [4.69, 9.17) is 4.74 Å². The molecule has 0 fully saturated rings. The van der Waals surface area contributed by atoms with E-state index in [0.29, 0.717) is 12.3 Å². The van der Waals surface area contributed by atoms with E-state index in [1.807, 2.05) is 13.0 Å². The lowest BCUT2D eigenvalue weighted by molar-refractivity contribution is 0.0519. The molecule has 0 aliphatic heterocycles. The zero-order valence-corrected chi connectivity index (χ0v) is 12.4. The summed E-state index contributed by atoms with van der Waals surface area (Å²) in [6.07, 6.45) is 0. The van der Waals surface area contributed by atoms with E-state index in [0.717, 1.165) is 15.4 Å². The van der Waals surface area contributed by atoms with E-state index >= 15 is 0 Å². The standard InChI is InChI=1S/C15H17NO2S/c1-5-18-15(17)13-11(4)19-14(16-13)12-9(2)7-6-8-10(12)3/h6-8H,5H2,1-4H3. The van der Waals surface area contributed by atoms with Crippen LogP contribution in [0.3, 0.4) is 0 Å². The molecule has 0 spiro atoms. The number of carbonyl (C=O) groups excluding carboxylic acids is 1. The molecule has 1 heterocycles. The van der Waals surface area contributed by atoms with Crippen molar-refractivity contribution in [3.63, 3.8) is 0 Å². The number of nitrogens with zero attached hydrogens (tertiary/aromatic N) is 1. The van der Waals surface area contributed by atoms with E-state index in [-0.39, 0.29) is 5.97 Å². The number of rotatable bonds is 3. The molecule has 3 nitrogen and oxygen atoms in total. The lowest BCUT2D eigenvalue weighted by Gasteiger charge is -2.05. The van der Waals surface area contributed by atoms with Crippen molar-refractivity contribution in [3.05, 3.63) is 39.9 Å². The third-order valence-electron chi connectivity index (χ3n) is 2.96. The molecular formula is C15H17NO2S. The van der Waals surface area contributed by atoms with Crippen LogP contribution in [0.2, 0.25) is 0 Å². The maximum absolute atomic E-state index is 11.8. The molecule has 0 aliphatic carbocycles. The first-order valence-corrected chi connectivity index (χ1v) is 7.07. The van der Waals surface area contributed by atoms with Gasteiger partial charge in [0.05, 0.1) is 6.61 Å². The van der Waals surface area contributed by atoms with Crippen LogP contribution in [0.15, 0.2) is 18.2 Å². The fourth-order valence-electron chi connectivity index (χ4n) is 2.04. The molecule has 0 saturated heterocycles. The zero-order chi connectivity index (χ0) is 14.0. The molecule has 0 aliphatic rings. The van der Waals surface area contributed by atoms with Gasteiger partial charge in [-0.3, -0.25) is 0 Å². The smallest absolute Gasteiger partial charge is 0.358 e. The van der Waals surface area contributed by atoms with Gasteiger partial charge < -0.3 is 4.74 Å². The summed E-state index contributed by atoms with van der Waals surface area (Å²) in [6, 6.07) is 6.15. The van der Waals surface area contributed by atoms with E-state index in [9.17, 15) is 4.79 Å². The fraction of sp³-hybridized carbons (Fsp3) is 0.333. The average Bonchev–Trinajstić information content (AvgIpc) is 2.71. The van der Waals surface area contributed by atoms with Crippen molar-refractivity contribution in [2.45, 2.75) is 27.7 Å². The van der Waals surface area contributed by atoms with Crippen LogP contribution in [0.5, 0.6) is 0 Å². The van der Waals surface area contributed by atoms with E-state index < -0.39 is 0 Å². The summed E-state index contributed by atoms with van der Waals surface area (Å²) >= 11 is 1.54. The van der Waals surface area contributed by atoms with Crippen LogP contribution >= 0.6 is 11.3 Å². The summed E-state index contributed by atoms with van der Waals surface area (Å²) in [7, 11) is 0. The number of thiazole rings is 1. The number of benzene rings is 1. The van der Waals surface area contributed by atoms with Gasteiger partial charge in [-0.15, -0.1) is 11.3 Å². The Morgan fingerprint density at radius 2 is 1.89 bits per heavy atom. The zero-order valence-electron chi connectivity index (χ0n) is 11.6. The number of ether oxygens (including phenoxy) is 1. The van der Waals surface area contributed by atoms with Gasteiger partial charge in [0, 0.05) is 10.4 Å². The van der Waals surface area contributed by atoms with E-state index in [2.05, 4.69) is 31.0 Å². The van der Waals surface area contributed by atoms with Crippen molar-refractivity contribution in [2.24, 2.45) is 0 Å². The molecule has 100 valence electrons. The molecule has 0 amide bonds. The summed E-state index contributed by atoms with van der Waals surface area (Å²) in [4.78, 5) is 17.2. The predicted molar refractivity (Wildman–Crippen MR) is 77.7 cm³/mol. The van der Waals surface area contributed by atoms with E-state index in [1.165, 1.54) is 22.5 Å². The van der Waals surface area contributed by atoms with Crippen LogP contribution in [0.25, 0.3) is 10.6 Å². The van der Waals surface area contributed by atoms with Crippen LogP contribution < -0.4 is 0 Å². The molecule has 0 unspecified atom stereocenters. The normalized spacial score (nSPS) is 10.5. The fourth-order valence-corrected chi connectivity index (χ4v) is 3.12. The third kappa shape index (κ3) is 2.68. The maximum atomic E-state index is 11.8. The van der Waals surface area contributed by atoms with Gasteiger partial charge in [-0.2, -0.15) is 0 Å². The molecule has 0 saturated carbocycles. The van der Waals surface area contributed by atoms with Gasteiger partial charge in [-0.1, -0.05) is 18.2 Å². The molecule has 0 N–H and O–H groups in total. The third-order valence-corrected chi connectivity index (χ3v) is 3.95. The van der Waals surface area contributed by atoms with Gasteiger partial charge in [0.2, 0.25) is 0 Å². The molecule has 0 atom stereocenters. The topological polar surface area (TPSA) is 39.2 Å². The molecular weight excluding hydrogens is 258 g/mol. The van der Waals surface area contributed by atoms with Gasteiger partial charge in [-0.05, 0) is 38.8 Å². The SMILES string of the molecule is CCOC(=O)c1nc(-c2c(C)cccc2C)sc1C. The number of aromatic nitrogens is 1. The van der Waals surface area contributed by atoms with Gasteiger partial charge in [0.15, 0.2) is 5.69 Å². The number of hydrogen-bond donors (Lipinski definition) is 0. The Morgan fingerprint density at radius 3 is 2.47 bits per heavy atom. The van der Waals surface area contributed by atoms with Crippen LogP contribution in [-0.4, -0.2) is 17.6 Å². The molecule has 0 bridgehead atoms. The molecule has 19 heavy (non-hydrogen) atoms. The van der Waals surface area contributed by atoms with Gasteiger partial charge >= 0.3 is 5.97 Å². The van der Waals surface area contributed by atoms with Crippen molar-refractivity contribution in [2.75, 3.05) is 6.61 Å². The summed E-state index contributed by atoms with van der Waals surface area (Å²) in [5, 5.41) is 0.885. The minimum absolute atomic E-state index is 0.339. The number of hydrogen-bond acceptors (Lipinski definition) is 4. The van der Waals surface area contributed by atoms with Crippen LogP contribution in [0.4, 0.5) is 0 Å². The lowest BCUT2D eigenvalue weighted by Crippen LogP contribution is -2.06. The Bertz CT molecular complexity index is 596. The molecule has 2 aromatic rings. The predicted octanol–water partition coefficient (Wildman–Crippen LogP) is 3.91. The average molecular weight is 275 g/mol. The highest BCUT2D eigenvalue weighted by Crippen LogP contribution is 2.32. The van der Waals surface area contributed by atoms with Gasteiger partial charge in [-0.25, -0.2) is 9.78 Å². The van der Waals surface area contributed by atoms with Crippen LogP contribution in [0.1, 0.15) is 33.4 Å². The summed E-state index contributed by atoms with van der Waals surface area (Å²) in [5.74, 6) is -0.339. The minimum Gasteiger partial charge on any atom is -0.461 e. The summed E-state index contributed by atoms with van der Waals surface area (Å²) in [6.45, 7) is 8.19. The van der Waals surface area contributed by atoms with Crippen molar-refractivity contribution >= 4 is 17.3 Å². The Kier molecular flexibility index (Phi) is 4.00. The monoisotopic (exact) mass is 275 g/mol. The first kappa shape index (κ1) is 13.7. The van der Waals surface area contributed by atoms with Crippen molar-refractivity contribution in [1.82, 2.24) is 4.98 Å². The Morgan fingerprint density at radius 1 is 1.26 bits per heavy atom. The molecule has 1 aromatic heterocycles. The van der Waals surface area contributed by atoms with Crippen molar-refractivity contribution in [1.29, 1.82) is 0 Å². The lowest BCUT2D eigenvalue weighted by atomic mass is 10.0. The minimum atomic E-state index is -0.339. The van der Waals surface area contributed by atoms with Crippen molar-refractivity contribution < 1.29 is 9.53 Å². The van der Waals surface area contributed by atoms with Crippen molar-refractivity contribution in [3.8, 4) is 10.6 Å². The molecule has 4 heteroatoms. The Labute approximate surface area is 117 Å². The second-order valence-electron chi connectivity index (χ2n) is 4.41. The quantitative estimate of drug-likeness (QED) is 0.797. The van der Waals surface area contributed by atoms with Gasteiger partial charge in [0.1, 0.15) is 5.01 Å². The number of carbonyl (C=O) groups is 1. The maximum Gasteiger partial charge on any atom is 0.358 e. The molecule has 1 aromatic carbocycles. The molecule has 2 rings (SSSR count). The first-order valence-electron chi connectivity index (χ1n) is 6.25. The second-order valence-corrected chi connectivity index (χ2v) is 5.61. The number of aryl methyl sites for hydroxylation is 3. The summed E-state index contributed by atoms with van der Waals surface area (Å²) < 4.78 is 5.02. The van der Waals surface area contributed by atoms with Crippen LogP contribution in [-0.2, 0) is 4.74 Å². The van der Waals surface area contributed by atoms with Crippen LogP contribution in [0, 0.1) is 20.8 Å². The number of esters is 1. The molecule has 0 radical (unpaired) electrons. The Balaban J connectivity index is 2.48. The highest BCUT2D eigenvalue weighted by molar-refractivity contribution is 7.15. The Hall–Kier alpha value is -1.68. The second kappa shape index (κ2) is 5.53.